The van der Waals surface area contributed by atoms with Crippen LogP contribution in [0.3, 0.4) is 0 Å². The lowest BCUT2D eigenvalue weighted by Crippen LogP contribution is -2.45. The van der Waals surface area contributed by atoms with E-state index >= 15 is 0 Å². The topological polar surface area (TPSA) is 61.4 Å². The molecule has 0 spiro atoms. The Morgan fingerprint density at radius 1 is 1.69 bits per heavy atom. The van der Waals surface area contributed by atoms with E-state index in [0.717, 1.165) is 13.1 Å². The second-order valence-corrected chi connectivity index (χ2v) is 3.82. The summed E-state index contributed by atoms with van der Waals surface area (Å²) in [5.74, 6) is 0.777. The van der Waals surface area contributed by atoms with Gasteiger partial charge in [0.05, 0.1) is 0 Å². The van der Waals surface area contributed by atoms with Gasteiger partial charge in [-0.05, 0) is 24.9 Å². The quantitative estimate of drug-likeness (QED) is 0.534. The van der Waals surface area contributed by atoms with Gasteiger partial charge in [0.25, 0.3) is 0 Å². The van der Waals surface area contributed by atoms with E-state index in [-0.39, 0.29) is 18.4 Å². The largest absolute Gasteiger partial charge is 0.396 e. The molecule has 0 radical (unpaired) electrons. The normalized spacial score (nSPS) is 19.2. The summed E-state index contributed by atoms with van der Waals surface area (Å²) in [6, 6.07) is 0. The zero-order valence-electron chi connectivity index (χ0n) is 8.05. The molecule has 76 valence electrons. The standard InChI is InChI=1S/C9H18N2O2/c1-7(6-12)3-11-9(13)2-8-4-10-5-8/h7-8,10,12H,2-6H2,1H3,(H,11,13). The summed E-state index contributed by atoms with van der Waals surface area (Å²) >= 11 is 0. The maximum atomic E-state index is 11.2. The van der Waals surface area contributed by atoms with E-state index in [2.05, 4.69) is 10.6 Å². The number of carbonyl (C=O) groups excluding carboxylic acids is 1. The van der Waals surface area contributed by atoms with Crippen LogP contribution in [0.25, 0.3) is 0 Å². The Morgan fingerprint density at radius 3 is 2.85 bits per heavy atom. The van der Waals surface area contributed by atoms with Crippen LogP contribution in [-0.4, -0.2) is 37.3 Å². The lowest BCUT2D eigenvalue weighted by atomic mass is 9.99. The number of aliphatic hydroxyl groups excluding tert-OH is 1. The molecule has 1 aliphatic heterocycles. The Hall–Kier alpha value is -0.610. The van der Waals surface area contributed by atoms with E-state index < -0.39 is 0 Å². The Labute approximate surface area is 78.7 Å². The van der Waals surface area contributed by atoms with Crippen LogP contribution in [0.15, 0.2) is 0 Å². The van der Waals surface area contributed by atoms with Crippen LogP contribution in [0, 0.1) is 11.8 Å². The van der Waals surface area contributed by atoms with Gasteiger partial charge in [-0.2, -0.15) is 0 Å². The highest BCUT2D eigenvalue weighted by atomic mass is 16.3. The highest BCUT2D eigenvalue weighted by molar-refractivity contribution is 5.76. The number of hydrogen-bond acceptors (Lipinski definition) is 3. The Balaban J connectivity index is 2.03. The van der Waals surface area contributed by atoms with Crippen molar-refractivity contribution in [1.29, 1.82) is 0 Å². The minimum Gasteiger partial charge on any atom is -0.396 e. The summed E-state index contributed by atoms with van der Waals surface area (Å²) in [7, 11) is 0. The molecule has 3 N–H and O–H groups in total. The zero-order valence-corrected chi connectivity index (χ0v) is 8.05. The molecule has 0 aromatic rings. The fourth-order valence-corrected chi connectivity index (χ4v) is 1.18. The average Bonchev–Trinajstić information content (AvgIpc) is 2.07. The van der Waals surface area contributed by atoms with E-state index in [9.17, 15) is 4.79 Å². The lowest BCUT2D eigenvalue weighted by Gasteiger charge is -2.26. The van der Waals surface area contributed by atoms with Crippen LogP contribution in [0.5, 0.6) is 0 Å². The highest BCUT2D eigenvalue weighted by Crippen LogP contribution is 2.07. The molecule has 1 unspecified atom stereocenters. The molecule has 1 saturated heterocycles. The third-order valence-corrected chi connectivity index (χ3v) is 2.30. The predicted molar refractivity (Wildman–Crippen MR) is 50.2 cm³/mol. The van der Waals surface area contributed by atoms with Crippen molar-refractivity contribution in [3.63, 3.8) is 0 Å². The van der Waals surface area contributed by atoms with Gasteiger partial charge in [0.2, 0.25) is 5.91 Å². The van der Waals surface area contributed by atoms with E-state index in [1.807, 2.05) is 6.92 Å². The second kappa shape index (κ2) is 5.19. The van der Waals surface area contributed by atoms with Crippen molar-refractivity contribution >= 4 is 5.91 Å². The van der Waals surface area contributed by atoms with Crippen LogP contribution in [0.1, 0.15) is 13.3 Å². The first kappa shape index (κ1) is 10.5. The maximum Gasteiger partial charge on any atom is 0.220 e. The van der Waals surface area contributed by atoms with E-state index in [1.54, 1.807) is 0 Å². The van der Waals surface area contributed by atoms with Crippen molar-refractivity contribution in [2.45, 2.75) is 13.3 Å². The predicted octanol–water partition coefficient (Wildman–Crippen LogP) is -0.659. The SMILES string of the molecule is CC(CO)CNC(=O)CC1CNC1. The summed E-state index contributed by atoms with van der Waals surface area (Å²) in [5.41, 5.74) is 0. The van der Waals surface area contributed by atoms with E-state index in [0.29, 0.717) is 18.9 Å². The molecule has 1 amide bonds. The minimum atomic E-state index is 0.104. The number of rotatable bonds is 5. The lowest BCUT2D eigenvalue weighted by molar-refractivity contribution is -0.122. The molecule has 0 bridgehead atoms. The maximum absolute atomic E-state index is 11.2. The number of hydrogen-bond donors (Lipinski definition) is 3. The first-order valence-electron chi connectivity index (χ1n) is 4.80. The van der Waals surface area contributed by atoms with Gasteiger partial charge in [0.15, 0.2) is 0 Å². The molecule has 0 aromatic carbocycles. The molecule has 13 heavy (non-hydrogen) atoms. The van der Waals surface area contributed by atoms with Crippen molar-refractivity contribution in [3.8, 4) is 0 Å². The van der Waals surface area contributed by atoms with E-state index in [4.69, 9.17) is 5.11 Å². The van der Waals surface area contributed by atoms with E-state index in [1.165, 1.54) is 0 Å². The smallest absolute Gasteiger partial charge is 0.220 e. The third-order valence-electron chi connectivity index (χ3n) is 2.30. The van der Waals surface area contributed by atoms with Crippen molar-refractivity contribution in [1.82, 2.24) is 10.6 Å². The molecule has 1 atom stereocenters. The van der Waals surface area contributed by atoms with Crippen LogP contribution >= 0.6 is 0 Å². The molecule has 1 fully saturated rings. The summed E-state index contributed by atoms with van der Waals surface area (Å²) in [6.07, 6.45) is 0.616. The number of nitrogens with one attached hydrogen (secondary N) is 2. The van der Waals surface area contributed by atoms with Crippen molar-refractivity contribution < 1.29 is 9.90 Å². The molecule has 1 aliphatic rings. The molecule has 4 nitrogen and oxygen atoms in total. The van der Waals surface area contributed by atoms with Gasteiger partial charge in [-0.3, -0.25) is 4.79 Å². The molecule has 0 aliphatic carbocycles. The Bertz CT molecular complexity index is 169. The van der Waals surface area contributed by atoms with Crippen LogP contribution in [0.2, 0.25) is 0 Å². The van der Waals surface area contributed by atoms with Gasteiger partial charge in [-0.25, -0.2) is 0 Å². The summed E-state index contributed by atoms with van der Waals surface area (Å²) in [6.45, 7) is 4.54. The van der Waals surface area contributed by atoms with Gasteiger partial charge in [0, 0.05) is 19.6 Å². The molecule has 0 aromatic heterocycles. The van der Waals surface area contributed by atoms with Crippen molar-refractivity contribution in [3.05, 3.63) is 0 Å². The summed E-state index contributed by atoms with van der Waals surface area (Å²) in [4.78, 5) is 11.2. The van der Waals surface area contributed by atoms with Crippen LogP contribution in [-0.2, 0) is 4.79 Å². The van der Waals surface area contributed by atoms with Crippen molar-refractivity contribution in [2.24, 2.45) is 11.8 Å². The van der Waals surface area contributed by atoms with Gasteiger partial charge >= 0.3 is 0 Å². The number of carbonyl (C=O) groups is 1. The minimum absolute atomic E-state index is 0.104. The molecule has 1 rings (SSSR count). The van der Waals surface area contributed by atoms with Crippen LogP contribution < -0.4 is 10.6 Å². The zero-order chi connectivity index (χ0) is 9.68. The molecular formula is C9H18N2O2. The third kappa shape index (κ3) is 3.74. The van der Waals surface area contributed by atoms with Crippen molar-refractivity contribution in [2.75, 3.05) is 26.2 Å². The first-order chi connectivity index (χ1) is 6.22. The molecule has 4 heteroatoms. The fourth-order valence-electron chi connectivity index (χ4n) is 1.18. The van der Waals surface area contributed by atoms with Crippen LogP contribution in [0.4, 0.5) is 0 Å². The second-order valence-electron chi connectivity index (χ2n) is 3.82. The Kier molecular flexibility index (Phi) is 4.18. The average molecular weight is 186 g/mol. The summed E-state index contributed by atoms with van der Waals surface area (Å²) in [5, 5.41) is 14.7. The van der Waals surface area contributed by atoms with Gasteiger partial charge in [-0.1, -0.05) is 6.92 Å². The fraction of sp³-hybridized carbons (Fsp3) is 0.889. The monoisotopic (exact) mass is 186 g/mol. The molecule has 0 saturated carbocycles. The number of amides is 1. The molecule has 1 heterocycles. The highest BCUT2D eigenvalue weighted by Gasteiger charge is 2.19. The summed E-state index contributed by atoms with van der Waals surface area (Å²) < 4.78 is 0. The van der Waals surface area contributed by atoms with Gasteiger partial charge in [0.1, 0.15) is 0 Å². The van der Waals surface area contributed by atoms with Gasteiger partial charge < -0.3 is 15.7 Å². The first-order valence-corrected chi connectivity index (χ1v) is 4.80. The molecular weight excluding hydrogens is 168 g/mol. The Morgan fingerprint density at radius 2 is 2.38 bits per heavy atom. The van der Waals surface area contributed by atoms with Gasteiger partial charge in [-0.15, -0.1) is 0 Å². The number of aliphatic hydroxyl groups is 1.